The summed E-state index contributed by atoms with van der Waals surface area (Å²) in [4.78, 5) is 13.1. The Bertz CT molecular complexity index is 1010. The largest absolute Gasteiger partial charge is 0.490 e. The zero-order valence-electron chi connectivity index (χ0n) is 17.9. The summed E-state index contributed by atoms with van der Waals surface area (Å²) in [7, 11) is 0. The molecule has 0 radical (unpaired) electrons. The van der Waals surface area contributed by atoms with Crippen molar-refractivity contribution in [3.8, 4) is 17.2 Å². The highest BCUT2D eigenvalue weighted by atomic mass is 79.9. The molecule has 8 heteroatoms. The number of halogens is 1. The van der Waals surface area contributed by atoms with E-state index in [0.29, 0.717) is 55.0 Å². The molecule has 7 nitrogen and oxygen atoms in total. The van der Waals surface area contributed by atoms with Gasteiger partial charge in [0.25, 0.3) is 5.91 Å². The van der Waals surface area contributed by atoms with E-state index in [9.17, 15) is 4.79 Å². The van der Waals surface area contributed by atoms with Crippen LogP contribution in [0.25, 0.3) is 0 Å². The molecular formula is C23H26BrN3O4. The third-order valence-corrected chi connectivity index (χ3v) is 5.18. The van der Waals surface area contributed by atoms with Gasteiger partial charge in [0.2, 0.25) is 5.75 Å². The Balaban J connectivity index is 1.87. The van der Waals surface area contributed by atoms with E-state index in [1.165, 1.54) is 0 Å². The van der Waals surface area contributed by atoms with Crippen LogP contribution in [0.15, 0.2) is 53.1 Å². The Morgan fingerprint density at radius 1 is 1.00 bits per heavy atom. The highest BCUT2D eigenvalue weighted by Crippen LogP contribution is 2.39. The van der Waals surface area contributed by atoms with Crippen molar-refractivity contribution >= 4 is 27.7 Å². The van der Waals surface area contributed by atoms with Gasteiger partial charge in [-0.3, -0.25) is 4.79 Å². The lowest BCUT2D eigenvalue weighted by Gasteiger charge is -2.17. The number of carbonyl (C=O) groups is 1. The molecule has 0 bridgehead atoms. The van der Waals surface area contributed by atoms with Crippen molar-refractivity contribution in [1.82, 2.24) is 9.78 Å². The third kappa shape index (κ3) is 5.58. The fraction of sp³-hybridized carbons (Fsp3) is 0.304. The molecule has 0 saturated heterocycles. The van der Waals surface area contributed by atoms with Crippen molar-refractivity contribution in [3.63, 3.8) is 0 Å². The van der Waals surface area contributed by atoms with Crippen molar-refractivity contribution in [2.45, 2.75) is 27.3 Å². The van der Waals surface area contributed by atoms with Gasteiger partial charge in [-0.2, -0.15) is 5.10 Å². The van der Waals surface area contributed by atoms with Gasteiger partial charge in [0.05, 0.1) is 32.6 Å². The quantitative estimate of drug-likeness (QED) is 0.428. The van der Waals surface area contributed by atoms with Gasteiger partial charge >= 0.3 is 0 Å². The van der Waals surface area contributed by atoms with Gasteiger partial charge in [-0.05, 0) is 44.5 Å². The number of aromatic nitrogens is 2. The van der Waals surface area contributed by atoms with E-state index in [4.69, 9.17) is 14.2 Å². The Labute approximate surface area is 190 Å². The summed E-state index contributed by atoms with van der Waals surface area (Å²) in [5.41, 5.74) is 1.46. The zero-order chi connectivity index (χ0) is 22.2. The maximum Gasteiger partial charge on any atom is 0.257 e. The number of benzene rings is 2. The van der Waals surface area contributed by atoms with Crippen LogP contribution in [-0.2, 0) is 6.54 Å². The van der Waals surface area contributed by atoms with Gasteiger partial charge in [0.15, 0.2) is 11.5 Å². The fourth-order valence-corrected chi connectivity index (χ4v) is 3.47. The number of carbonyl (C=O) groups excluding carboxylic acids is 1. The summed E-state index contributed by atoms with van der Waals surface area (Å²) in [6, 6.07) is 13.0. The monoisotopic (exact) mass is 487 g/mol. The van der Waals surface area contributed by atoms with Gasteiger partial charge in [-0.1, -0.05) is 34.1 Å². The molecule has 164 valence electrons. The zero-order valence-corrected chi connectivity index (χ0v) is 19.4. The standard InChI is InChI=1S/C23H26BrN3O4/c1-4-29-19-13-17(14-20(30-5-2)22(19)31-6-3)23(28)26-21-11-12-25-27(21)15-16-9-7-8-10-18(16)24/h7-14H,4-6,15H2,1-3H3,(H,26,28). The van der Waals surface area contributed by atoms with E-state index in [1.54, 1.807) is 29.1 Å². The molecule has 3 aromatic rings. The molecule has 0 saturated carbocycles. The van der Waals surface area contributed by atoms with Gasteiger partial charge < -0.3 is 19.5 Å². The first-order chi connectivity index (χ1) is 15.1. The Kier molecular flexibility index (Phi) is 7.94. The number of anilines is 1. The van der Waals surface area contributed by atoms with Crippen molar-refractivity contribution in [1.29, 1.82) is 0 Å². The second-order valence-corrected chi connectivity index (χ2v) is 7.37. The van der Waals surface area contributed by atoms with Gasteiger partial charge in [0.1, 0.15) is 5.82 Å². The molecular weight excluding hydrogens is 462 g/mol. The molecule has 0 aliphatic carbocycles. The van der Waals surface area contributed by atoms with E-state index >= 15 is 0 Å². The van der Waals surface area contributed by atoms with Crippen LogP contribution < -0.4 is 19.5 Å². The van der Waals surface area contributed by atoms with Crippen molar-refractivity contribution in [3.05, 3.63) is 64.3 Å². The van der Waals surface area contributed by atoms with E-state index in [1.807, 2.05) is 45.0 Å². The Morgan fingerprint density at radius 2 is 1.65 bits per heavy atom. The minimum Gasteiger partial charge on any atom is -0.490 e. The molecule has 0 aliphatic heterocycles. The molecule has 0 aliphatic rings. The van der Waals surface area contributed by atoms with Crippen LogP contribution in [0, 0.1) is 0 Å². The number of ether oxygens (including phenoxy) is 3. The van der Waals surface area contributed by atoms with Gasteiger partial charge in [-0.25, -0.2) is 4.68 Å². The van der Waals surface area contributed by atoms with Crippen molar-refractivity contribution in [2.75, 3.05) is 25.1 Å². The summed E-state index contributed by atoms with van der Waals surface area (Å²) >= 11 is 3.55. The average molecular weight is 488 g/mol. The molecule has 0 fully saturated rings. The van der Waals surface area contributed by atoms with Crippen LogP contribution in [0.2, 0.25) is 0 Å². The minimum atomic E-state index is -0.293. The van der Waals surface area contributed by atoms with E-state index < -0.39 is 0 Å². The van der Waals surface area contributed by atoms with Crippen molar-refractivity contribution in [2.24, 2.45) is 0 Å². The van der Waals surface area contributed by atoms with Crippen LogP contribution in [0.5, 0.6) is 17.2 Å². The highest BCUT2D eigenvalue weighted by Gasteiger charge is 2.19. The van der Waals surface area contributed by atoms with Crippen LogP contribution in [0.3, 0.4) is 0 Å². The molecule has 0 spiro atoms. The molecule has 1 heterocycles. The maximum atomic E-state index is 13.1. The predicted octanol–water partition coefficient (Wildman–Crippen LogP) is 5.14. The molecule has 1 N–H and O–H groups in total. The topological polar surface area (TPSA) is 74.6 Å². The van der Waals surface area contributed by atoms with E-state index in [2.05, 4.69) is 26.3 Å². The normalized spacial score (nSPS) is 10.6. The molecule has 31 heavy (non-hydrogen) atoms. The number of nitrogens with one attached hydrogen (secondary N) is 1. The molecule has 3 rings (SSSR count). The molecule has 1 amide bonds. The van der Waals surface area contributed by atoms with E-state index in [0.717, 1.165) is 10.0 Å². The van der Waals surface area contributed by atoms with Crippen LogP contribution in [0.4, 0.5) is 5.82 Å². The number of rotatable bonds is 10. The Morgan fingerprint density at radius 3 is 2.26 bits per heavy atom. The van der Waals surface area contributed by atoms with Gasteiger partial charge in [0, 0.05) is 16.1 Å². The fourth-order valence-electron chi connectivity index (χ4n) is 3.06. The molecule has 2 aromatic carbocycles. The van der Waals surface area contributed by atoms with Crippen LogP contribution >= 0.6 is 15.9 Å². The molecule has 0 unspecified atom stereocenters. The molecule has 1 aromatic heterocycles. The summed E-state index contributed by atoms with van der Waals surface area (Å²) < 4.78 is 19.9. The number of hydrogen-bond acceptors (Lipinski definition) is 5. The number of nitrogens with zero attached hydrogens (tertiary/aromatic N) is 2. The SMILES string of the molecule is CCOc1cc(C(=O)Nc2ccnn2Cc2ccccc2Br)cc(OCC)c1OCC. The highest BCUT2D eigenvalue weighted by molar-refractivity contribution is 9.10. The third-order valence-electron chi connectivity index (χ3n) is 4.41. The minimum absolute atomic E-state index is 0.293. The first-order valence-corrected chi connectivity index (χ1v) is 11.0. The lowest BCUT2D eigenvalue weighted by molar-refractivity contribution is 0.102. The van der Waals surface area contributed by atoms with Crippen molar-refractivity contribution < 1.29 is 19.0 Å². The number of amides is 1. The maximum absolute atomic E-state index is 13.1. The first-order valence-electron chi connectivity index (χ1n) is 10.2. The smallest absolute Gasteiger partial charge is 0.257 e. The Hall–Kier alpha value is -3.00. The first kappa shape index (κ1) is 22.7. The summed E-state index contributed by atoms with van der Waals surface area (Å²) in [5.74, 6) is 1.75. The summed E-state index contributed by atoms with van der Waals surface area (Å²) in [6.45, 7) is 7.50. The molecule has 0 atom stereocenters. The lowest BCUT2D eigenvalue weighted by Crippen LogP contribution is -2.17. The van der Waals surface area contributed by atoms with Crippen LogP contribution in [0.1, 0.15) is 36.7 Å². The van der Waals surface area contributed by atoms with Gasteiger partial charge in [-0.15, -0.1) is 0 Å². The summed E-state index contributed by atoms with van der Waals surface area (Å²) in [6.07, 6.45) is 1.65. The average Bonchev–Trinajstić information content (AvgIpc) is 3.18. The van der Waals surface area contributed by atoms with Crippen LogP contribution in [-0.4, -0.2) is 35.5 Å². The second-order valence-electron chi connectivity index (χ2n) is 6.52. The second kappa shape index (κ2) is 10.9. The predicted molar refractivity (Wildman–Crippen MR) is 123 cm³/mol. The van der Waals surface area contributed by atoms with E-state index in [-0.39, 0.29) is 5.91 Å². The lowest BCUT2D eigenvalue weighted by atomic mass is 10.1. The summed E-state index contributed by atoms with van der Waals surface area (Å²) in [5, 5.41) is 7.27. The number of hydrogen-bond donors (Lipinski definition) is 1.